The number of benzene rings is 2. The molecule has 0 spiro atoms. The zero-order chi connectivity index (χ0) is 28.6. The van der Waals surface area contributed by atoms with Crippen molar-refractivity contribution in [2.75, 3.05) is 62.7 Å². The van der Waals surface area contributed by atoms with E-state index >= 15 is 0 Å². The molecule has 11 heteroatoms. The van der Waals surface area contributed by atoms with Gasteiger partial charge in [0.05, 0.1) is 6.42 Å². The molecule has 0 radical (unpaired) electrons. The Hall–Kier alpha value is -3.47. The lowest BCUT2D eigenvalue weighted by molar-refractivity contribution is -0.139. The Morgan fingerprint density at radius 2 is 1.65 bits per heavy atom. The van der Waals surface area contributed by atoms with Crippen molar-refractivity contribution in [2.24, 2.45) is 0 Å². The summed E-state index contributed by atoms with van der Waals surface area (Å²) in [4.78, 5) is 58.6. The van der Waals surface area contributed by atoms with E-state index in [1.807, 2.05) is 0 Å². The smallest absolute Gasteiger partial charge is 0.305 e. The lowest BCUT2D eigenvalue weighted by Crippen LogP contribution is -2.52. The first-order valence-corrected chi connectivity index (χ1v) is 14.0. The minimum atomic E-state index is -1.28. The number of likely N-dealkylation sites (N-methyl/N-ethyl adjacent to an activating group) is 1. The van der Waals surface area contributed by atoms with E-state index in [4.69, 9.17) is 11.6 Å². The van der Waals surface area contributed by atoms with Crippen LogP contribution in [0.3, 0.4) is 0 Å². The average molecular weight is 570 g/mol. The first-order chi connectivity index (χ1) is 19.2. The number of rotatable bonds is 10. The van der Waals surface area contributed by atoms with Crippen molar-refractivity contribution in [3.8, 4) is 0 Å². The first-order valence-electron chi connectivity index (χ1n) is 13.6. The highest BCUT2D eigenvalue weighted by Gasteiger charge is 2.30. The molecule has 2 fully saturated rings. The van der Waals surface area contributed by atoms with Crippen molar-refractivity contribution in [2.45, 2.75) is 31.7 Å². The molecule has 2 saturated heterocycles. The fraction of sp³-hybridized carbons (Fsp3) is 0.448. The SMILES string of the molecule is CN1CCN(CCN(C(=O)[C@H](CC(=O)O)NC(=O)c2ccc(N3CCCCC3=O)cc2)c2ccc(Cl)cc2)CC1. The summed E-state index contributed by atoms with van der Waals surface area (Å²) in [5.74, 6) is -2.23. The second-order valence-electron chi connectivity index (χ2n) is 10.3. The van der Waals surface area contributed by atoms with E-state index in [0.29, 0.717) is 42.5 Å². The van der Waals surface area contributed by atoms with E-state index in [0.717, 1.165) is 39.0 Å². The van der Waals surface area contributed by atoms with Gasteiger partial charge in [-0.05, 0) is 68.4 Å². The van der Waals surface area contributed by atoms with Crippen LogP contribution in [0, 0.1) is 0 Å². The van der Waals surface area contributed by atoms with Crippen LogP contribution in [0.2, 0.25) is 5.02 Å². The third kappa shape index (κ3) is 7.80. The van der Waals surface area contributed by atoms with Gasteiger partial charge in [0.2, 0.25) is 11.8 Å². The molecule has 40 heavy (non-hydrogen) atoms. The molecule has 3 amide bonds. The Bertz CT molecular complexity index is 1200. The molecule has 1 atom stereocenters. The molecule has 2 heterocycles. The molecule has 2 aliphatic heterocycles. The van der Waals surface area contributed by atoms with Gasteiger partial charge in [-0.2, -0.15) is 0 Å². The van der Waals surface area contributed by atoms with Gasteiger partial charge in [0, 0.05) is 74.2 Å². The third-order valence-corrected chi connectivity index (χ3v) is 7.64. The van der Waals surface area contributed by atoms with Gasteiger partial charge in [0.15, 0.2) is 0 Å². The monoisotopic (exact) mass is 569 g/mol. The Balaban J connectivity index is 1.49. The Morgan fingerprint density at radius 1 is 0.975 bits per heavy atom. The zero-order valence-electron chi connectivity index (χ0n) is 22.7. The van der Waals surface area contributed by atoms with Crippen molar-refractivity contribution in [1.82, 2.24) is 15.1 Å². The number of piperidine rings is 1. The summed E-state index contributed by atoms with van der Waals surface area (Å²) < 4.78 is 0. The number of nitrogens with zero attached hydrogens (tertiary/aromatic N) is 4. The number of hydrogen-bond acceptors (Lipinski definition) is 6. The number of hydrogen-bond donors (Lipinski definition) is 2. The van der Waals surface area contributed by atoms with Gasteiger partial charge < -0.3 is 25.1 Å². The Morgan fingerprint density at radius 3 is 2.27 bits per heavy atom. The molecule has 2 aromatic carbocycles. The van der Waals surface area contributed by atoms with Crippen LogP contribution in [-0.4, -0.2) is 97.5 Å². The fourth-order valence-corrected chi connectivity index (χ4v) is 5.10. The molecular weight excluding hydrogens is 534 g/mol. The highest BCUT2D eigenvalue weighted by molar-refractivity contribution is 6.30. The van der Waals surface area contributed by atoms with E-state index in [-0.39, 0.29) is 11.5 Å². The van der Waals surface area contributed by atoms with E-state index in [1.165, 1.54) is 4.90 Å². The fourth-order valence-electron chi connectivity index (χ4n) is 4.98. The van der Waals surface area contributed by atoms with Gasteiger partial charge in [-0.3, -0.25) is 24.1 Å². The molecule has 0 unspecified atom stereocenters. The number of nitrogens with one attached hydrogen (secondary N) is 1. The molecule has 10 nitrogen and oxygen atoms in total. The molecule has 2 aliphatic rings. The molecule has 214 valence electrons. The number of piperazine rings is 1. The van der Waals surface area contributed by atoms with Crippen LogP contribution in [-0.2, 0) is 14.4 Å². The molecule has 0 aromatic heterocycles. The maximum absolute atomic E-state index is 13.8. The van der Waals surface area contributed by atoms with Crippen LogP contribution in [0.25, 0.3) is 0 Å². The van der Waals surface area contributed by atoms with E-state index in [9.17, 15) is 24.3 Å². The third-order valence-electron chi connectivity index (χ3n) is 7.39. The van der Waals surface area contributed by atoms with Crippen LogP contribution in [0.4, 0.5) is 11.4 Å². The average Bonchev–Trinajstić information content (AvgIpc) is 2.94. The van der Waals surface area contributed by atoms with Crippen LogP contribution in [0.5, 0.6) is 0 Å². The molecule has 0 aliphatic carbocycles. The van der Waals surface area contributed by atoms with E-state index < -0.39 is 30.2 Å². The van der Waals surface area contributed by atoms with Gasteiger partial charge in [-0.1, -0.05) is 11.6 Å². The first kappa shape index (κ1) is 29.5. The normalized spacial score (nSPS) is 17.4. The van der Waals surface area contributed by atoms with Gasteiger partial charge in [0.1, 0.15) is 6.04 Å². The summed E-state index contributed by atoms with van der Waals surface area (Å²) in [6.45, 7) is 5.16. The maximum Gasteiger partial charge on any atom is 0.305 e. The molecule has 0 saturated carbocycles. The second kappa shape index (κ2) is 13.7. The standard InChI is InChI=1S/C29H36ClN5O5/c1-32-14-16-33(17-15-32)18-19-35(24-11-7-22(30)8-12-24)29(40)25(20-27(37)38)31-28(39)21-5-9-23(10-6-21)34-13-3-2-4-26(34)36/h5-12,25H,2-4,13-20H2,1H3,(H,31,39)(H,37,38)/t25-/m0/s1. The van der Waals surface area contributed by atoms with Crippen LogP contribution >= 0.6 is 11.6 Å². The maximum atomic E-state index is 13.8. The quantitative estimate of drug-likeness (QED) is 0.452. The number of carbonyl (C=O) groups is 4. The summed E-state index contributed by atoms with van der Waals surface area (Å²) in [5, 5.41) is 12.7. The largest absolute Gasteiger partial charge is 0.481 e. The van der Waals surface area contributed by atoms with Gasteiger partial charge in [-0.25, -0.2) is 0 Å². The van der Waals surface area contributed by atoms with E-state index in [1.54, 1.807) is 53.4 Å². The molecule has 0 bridgehead atoms. The predicted molar refractivity (Wildman–Crippen MR) is 154 cm³/mol. The van der Waals surface area contributed by atoms with Crippen molar-refractivity contribution in [3.63, 3.8) is 0 Å². The lowest BCUT2D eigenvalue weighted by atomic mass is 10.1. The van der Waals surface area contributed by atoms with Crippen molar-refractivity contribution < 1.29 is 24.3 Å². The number of anilines is 2. The number of carboxylic acids is 1. The minimum absolute atomic E-state index is 0.0504. The van der Waals surface area contributed by atoms with Gasteiger partial charge >= 0.3 is 5.97 Å². The van der Waals surface area contributed by atoms with Gasteiger partial charge in [0.25, 0.3) is 5.91 Å². The van der Waals surface area contributed by atoms with Gasteiger partial charge in [-0.15, -0.1) is 0 Å². The summed E-state index contributed by atoms with van der Waals surface area (Å²) in [5.41, 5.74) is 1.55. The number of aliphatic carboxylic acids is 1. The summed E-state index contributed by atoms with van der Waals surface area (Å²) in [6.07, 6.45) is 1.73. The van der Waals surface area contributed by atoms with Crippen LogP contribution in [0.15, 0.2) is 48.5 Å². The number of carbonyl (C=O) groups excluding carboxylic acids is 3. The number of halogens is 1. The zero-order valence-corrected chi connectivity index (χ0v) is 23.5. The highest BCUT2D eigenvalue weighted by Crippen LogP contribution is 2.22. The number of carboxylic acid groups (broad SMARTS) is 1. The summed E-state index contributed by atoms with van der Waals surface area (Å²) in [6, 6.07) is 12.0. The number of amides is 3. The lowest BCUT2D eigenvalue weighted by Gasteiger charge is -2.34. The second-order valence-corrected chi connectivity index (χ2v) is 10.7. The van der Waals surface area contributed by atoms with Crippen molar-refractivity contribution in [3.05, 3.63) is 59.1 Å². The van der Waals surface area contributed by atoms with Crippen molar-refractivity contribution in [1.29, 1.82) is 0 Å². The van der Waals surface area contributed by atoms with Crippen LogP contribution in [0.1, 0.15) is 36.0 Å². The molecule has 2 N–H and O–H groups in total. The van der Waals surface area contributed by atoms with Crippen LogP contribution < -0.4 is 15.1 Å². The molecule has 2 aromatic rings. The highest BCUT2D eigenvalue weighted by atomic mass is 35.5. The van der Waals surface area contributed by atoms with Crippen molar-refractivity contribution >= 4 is 46.7 Å². The minimum Gasteiger partial charge on any atom is -0.481 e. The Kier molecular flexibility index (Phi) is 10.1. The predicted octanol–water partition coefficient (Wildman–Crippen LogP) is 2.71. The van der Waals surface area contributed by atoms with E-state index in [2.05, 4.69) is 22.2 Å². The Labute approximate surface area is 239 Å². The topological polar surface area (TPSA) is 114 Å². The summed E-state index contributed by atoms with van der Waals surface area (Å²) >= 11 is 6.07. The molecule has 4 rings (SSSR count). The molecular formula is C29H36ClN5O5. The summed E-state index contributed by atoms with van der Waals surface area (Å²) in [7, 11) is 2.07.